The highest BCUT2D eigenvalue weighted by molar-refractivity contribution is 5.90. The normalized spacial score (nSPS) is 15.2. The third-order valence-electron chi connectivity index (χ3n) is 6.20. The van der Waals surface area contributed by atoms with E-state index in [4.69, 9.17) is 14.8 Å². The van der Waals surface area contributed by atoms with Crippen molar-refractivity contribution in [3.63, 3.8) is 0 Å². The number of aromatic carboxylic acids is 1. The van der Waals surface area contributed by atoms with Gasteiger partial charge in [0.2, 0.25) is 0 Å². The van der Waals surface area contributed by atoms with E-state index in [0.29, 0.717) is 0 Å². The van der Waals surface area contributed by atoms with Crippen LogP contribution in [0.25, 0.3) is 11.1 Å². The van der Waals surface area contributed by atoms with E-state index in [1.54, 1.807) is 32.9 Å². The molecule has 204 valence electrons. The number of hydrogen-bond acceptors (Lipinski definition) is 6. The van der Waals surface area contributed by atoms with Gasteiger partial charge in [-0.3, -0.25) is 9.78 Å². The minimum absolute atomic E-state index is 0.159. The fraction of sp³-hybridized carbons (Fsp3) is 0.567. The molecule has 0 spiro atoms. The molecule has 1 aromatic heterocycles. The first kappa shape index (κ1) is 30.3. The number of carbonyl (C=O) groups is 2. The lowest BCUT2D eigenvalue weighted by Gasteiger charge is -2.40. The van der Waals surface area contributed by atoms with Crippen LogP contribution in [0.1, 0.15) is 88.6 Å². The monoisotopic (exact) mass is 512 g/mol. The molecule has 0 amide bonds. The van der Waals surface area contributed by atoms with Crippen LogP contribution in [0.2, 0.25) is 0 Å². The predicted molar refractivity (Wildman–Crippen MR) is 148 cm³/mol. The number of aryl methyl sites for hydroxylation is 2. The third-order valence-corrected chi connectivity index (χ3v) is 6.20. The Labute approximate surface area is 221 Å². The van der Waals surface area contributed by atoms with Gasteiger partial charge >= 0.3 is 11.9 Å². The van der Waals surface area contributed by atoms with Crippen molar-refractivity contribution in [2.75, 3.05) is 18.0 Å². The molecule has 0 atom stereocenters. The lowest BCUT2D eigenvalue weighted by Crippen LogP contribution is -2.38. The molecule has 1 fully saturated rings. The zero-order chi connectivity index (χ0) is 28.1. The molecule has 1 aromatic carbocycles. The Hall–Kier alpha value is -2.93. The zero-order valence-electron chi connectivity index (χ0n) is 23.9. The van der Waals surface area contributed by atoms with E-state index < -0.39 is 11.6 Å². The SMILES string of the molecule is CC(C)(C)O.Cc1nc(C)c(-c2ccc(C(=O)O)cc2)c(N2CCC(C)(C)CC2)c1CC(=O)OC(C)C. The number of nitrogens with zero attached hydrogens (tertiary/aromatic N) is 2. The molecule has 7 heteroatoms. The number of aliphatic hydroxyl groups is 1. The van der Waals surface area contributed by atoms with Gasteiger partial charge in [-0.1, -0.05) is 26.0 Å². The summed E-state index contributed by atoms with van der Waals surface area (Å²) < 4.78 is 5.45. The Morgan fingerprint density at radius 2 is 1.57 bits per heavy atom. The topological polar surface area (TPSA) is 100.0 Å². The quantitative estimate of drug-likeness (QED) is 0.461. The summed E-state index contributed by atoms with van der Waals surface area (Å²) in [6.07, 6.45) is 2.09. The number of carboxylic acids is 1. The van der Waals surface area contributed by atoms with E-state index in [-0.39, 0.29) is 29.5 Å². The number of esters is 1. The van der Waals surface area contributed by atoms with Crippen LogP contribution in [0.5, 0.6) is 0 Å². The van der Waals surface area contributed by atoms with Crippen LogP contribution in [0, 0.1) is 19.3 Å². The second-order valence-corrected chi connectivity index (χ2v) is 11.9. The summed E-state index contributed by atoms with van der Waals surface area (Å²) in [6.45, 7) is 19.2. The van der Waals surface area contributed by atoms with Gasteiger partial charge in [0.15, 0.2) is 0 Å². The molecule has 1 saturated heterocycles. The molecule has 1 aliphatic heterocycles. The summed E-state index contributed by atoms with van der Waals surface area (Å²) in [4.78, 5) is 31.1. The van der Waals surface area contributed by atoms with Crippen molar-refractivity contribution in [2.24, 2.45) is 5.41 Å². The van der Waals surface area contributed by atoms with Gasteiger partial charge in [-0.15, -0.1) is 0 Å². The molecule has 3 rings (SSSR count). The second-order valence-electron chi connectivity index (χ2n) is 11.9. The van der Waals surface area contributed by atoms with E-state index >= 15 is 0 Å². The number of pyridine rings is 1. The summed E-state index contributed by atoms with van der Waals surface area (Å²) in [5.74, 6) is -1.22. The number of rotatable bonds is 6. The van der Waals surface area contributed by atoms with Crippen LogP contribution in [-0.2, 0) is 16.0 Å². The van der Waals surface area contributed by atoms with Crippen LogP contribution in [-0.4, -0.2) is 51.9 Å². The fourth-order valence-corrected chi connectivity index (χ4v) is 4.34. The van der Waals surface area contributed by atoms with Crippen molar-refractivity contribution >= 4 is 17.6 Å². The van der Waals surface area contributed by atoms with Gasteiger partial charge in [-0.2, -0.15) is 0 Å². The number of aromatic nitrogens is 1. The number of anilines is 1. The van der Waals surface area contributed by atoms with Crippen LogP contribution in [0.15, 0.2) is 24.3 Å². The van der Waals surface area contributed by atoms with E-state index in [0.717, 1.165) is 59.7 Å². The van der Waals surface area contributed by atoms with Crippen LogP contribution in [0.3, 0.4) is 0 Å². The highest BCUT2D eigenvalue weighted by Crippen LogP contribution is 2.41. The van der Waals surface area contributed by atoms with Crippen molar-refractivity contribution in [3.05, 3.63) is 46.8 Å². The summed E-state index contributed by atoms with van der Waals surface area (Å²) in [7, 11) is 0. The lowest BCUT2D eigenvalue weighted by atomic mass is 9.82. The zero-order valence-corrected chi connectivity index (χ0v) is 23.9. The molecule has 0 radical (unpaired) electrons. The highest BCUT2D eigenvalue weighted by atomic mass is 16.5. The molecule has 0 bridgehead atoms. The smallest absolute Gasteiger partial charge is 0.335 e. The molecular formula is C30H44N2O5. The van der Waals surface area contributed by atoms with E-state index in [2.05, 4.69) is 18.7 Å². The minimum Gasteiger partial charge on any atom is -0.478 e. The largest absolute Gasteiger partial charge is 0.478 e. The summed E-state index contributed by atoms with van der Waals surface area (Å²) in [5.41, 5.74) is 5.49. The van der Waals surface area contributed by atoms with Crippen LogP contribution >= 0.6 is 0 Å². The first-order chi connectivity index (χ1) is 17.0. The van der Waals surface area contributed by atoms with E-state index in [9.17, 15) is 14.7 Å². The Kier molecular flexibility index (Phi) is 9.89. The average molecular weight is 513 g/mol. The van der Waals surface area contributed by atoms with Gasteiger partial charge in [-0.25, -0.2) is 4.79 Å². The molecule has 2 heterocycles. The van der Waals surface area contributed by atoms with Crippen molar-refractivity contribution in [1.82, 2.24) is 4.98 Å². The first-order valence-electron chi connectivity index (χ1n) is 13.0. The Bertz CT molecular complexity index is 1080. The maximum atomic E-state index is 12.6. The summed E-state index contributed by atoms with van der Waals surface area (Å²) >= 11 is 0. The van der Waals surface area contributed by atoms with Gasteiger partial charge < -0.3 is 19.8 Å². The third kappa shape index (κ3) is 9.15. The number of ether oxygens (including phenoxy) is 1. The molecule has 2 N–H and O–H groups in total. The highest BCUT2D eigenvalue weighted by Gasteiger charge is 2.30. The van der Waals surface area contributed by atoms with E-state index in [1.165, 1.54) is 0 Å². The Balaban J connectivity index is 0.000000877. The predicted octanol–water partition coefficient (Wildman–Crippen LogP) is 5.96. The van der Waals surface area contributed by atoms with Crippen LogP contribution < -0.4 is 4.90 Å². The number of piperidine rings is 1. The molecule has 37 heavy (non-hydrogen) atoms. The van der Waals surface area contributed by atoms with Gasteiger partial charge in [-0.05, 0) is 84.4 Å². The number of hydrogen-bond donors (Lipinski definition) is 2. The molecule has 7 nitrogen and oxygen atoms in total. The maximum absolute atomic E-state index is 12.6. The molecular weight excluding hydrogens is 468 g/mol. The maximum Gasteiger partial charge on any atom is 0.335 e. The number of benzene rings is 1. The molecule has 1 aliphatic rings. The molecule has 2 aromatic rings. The van der Waals surface area contributed by atoms with Crippen LogP contribution in [0.4, 0.5) is 5.69 Å². The lowest BCUT2D eigenvalue weighted by molar-refractivity contribution is -0.146. The van der Waals surface area contributed by atoms with Crippen molar-refractivity contribution < 1.29 is 24.5 Å². The summed E-state index contributed by atoms with van der Waals surface area (Å²) in [5, 5.41) is 17.8. The number of carbonyl (C=O) groups excluding carboxylic acids is 1. The molecule has 0 unspecified atom stereocenters. The Morgan fingerprint density at radius 1 is 1.05 bits per heavy atom. The van der Waals surface area contributed by atoms with Gasteiger partial charge in [0.25, 0.3) is 0 Å². The van der Waals surface area contributed by atoms with E-state index in [1.807, 2.05) is 39.8 Å². The Morgan fingerprint density at radius 3 is 2.03 bits per heavy atom. The van der Waals surface area contributed by atoms with Gasteiger partial charge in [0, 0.05) is 35.6 Å². The van der Waals surface area contributed by atoms with Crippen molar-refractivity contribution in [3.8, 4) is 11.1 Å². The van der Waals surface area contributed by atoms with Gasteiger partial charge in [0.1, 0.15) is 0 Å². The van der Waals surface area contributed by atoms with Gasteiger partial charge in [0.05, 0.1) is 29.4 Å². The first-order valence-corrected chi connectivity index (χ1v) is 13.0. The van der Waals surface area contributed by atoms with Crippen molar-refractivity contribution in [1.29, 1.82) is 0 Å². The number of carboxylic acid groups (broad SMARTS) is 1. The fourth-order valence-electron chi connectivity index (χ4n) is 4.34. The average Bonchev–Trinajstić information content (AvgIpc) is 2.74. The molecule has 0 aliphatic carbocycles. The minimum atomic E-state index is -0.953. The second kappa shape index (κ2) is 12.1. The van der Waals surface area contributed by atoms with Crippen molar-refractivity contribution in [2.45, 2.75) is 93.3 Å². The standard InChI is InChI=1S/C26H34N2O4.C4H10O/c1-16(2)32-22(29)15-21-17(3)27-18(4)23(19-7-9-20(10-8-19)25(30)31)24(21)28-13-11-26(5,6)12-14-28;1-4(2,3)5/h7-10,16H,11-15H2,1-6H3,(H,30,31);5H,1-3H3. The summed E-state index contributed by atoms with van der Waals surface area (Å²) in [6, 6.07) is 6.90. The molecule has 0 saturated carbocycles.